The van der Waals surface area contributed by atoms with Gasteiger partial charge in [-0.25, -0.2) is 0 Å². The zero-order valence-electron chi connectivity index (χ0n) is 13.6. The van der Waals surface area contributed by atoms with E-state index >= 15 is 0 Å². The van der Waals surface area contributed by atoms with Gasteiger partial charge in [0.25, 0.3) is 0 Å². The summed E-state index contributed by atoms with van der Waals surface area (Å²) in [5.41, 5.74) is 1.04. The van der Waals surface area contributed by atoms with Gasteiger partial charge in [0.15, 0.2) is 0 Å². The Morgan fingerprint density at radius 1 is 1.42 bits per heavy atom. The van der Waals surface area contributed by atoms with Crippen LogP contribution in [0, 0.1) is 0 Å². The smallest absolute Gasteiger partial charge is 0.225 e. The number of ether oxygens (including phenoxy) is 1. The molecule has 0 saturated carbocycles. The van der Waals surface area contributed by atoms with E-state index in [-0.39, 0.29) is 24.4 Å². The van der Waals surface area contributed by atoms with Gasteiger partial charge in [0.1, 0.15) is 5.75 Å². The highest BCUT2D eigenvalue weighted by molar-refractivity contribution is 5.85. The zero-order valence-corrected chi connectivity index (χ0v) is 14.4. The normalized spacial score (nSPS) is 17.2. The van der Waals surface area contributed by atoms with Crippen LogP contribution in [0.1, 0.15) is 18.0 Å². The highest BCUT2D eigenvalue weighted by Gasteiger charge is 2.29. The molecule has 1 atom stereocenters. The molecule has 3 rings (SSSR count). The molecular formula is C16H22ClN5O2. The van der Waals surface area contributed by atoms with Crippen molar-refractivity contribution >= 4 is 18.3 Å². The summed E-state index contributed by atoms with van der Waals surface area (Å²) in [6, 6.07) is 7.86. The molecule has 2 heterocycles. The maximum absolute atomic E-state index is 12.7. The Hall–Kier alpha value is -2.12. The molecule has 7 nitrogen and oxygen atoms in total. The van der Waals surface area contributed by atoms with Gasteiger partial charge in [0, 0.05) is 37.8 Å². The quantitative estimate of drug-likeness (QED) is 0.878. The van der Waals surface area contributed by atoms with E-state index in [1.807, 2.05) is 29.2 Å². The van der Waals surface area contributed by atoms with Crippen LogP contribution in [0.25, 0.3) is 0 Å². The third-order valence-corrected chi connectivity index (χ3v) is 4.09. The summed E-state index contributed by atoms with van der Waals surface area (Å²) in [6.07, 6.45) is 3.80. The maximum atomic E-state index is 12.7. The minimum Gasteiger partial charge on any atom is -0.496 e. The standard InChI is InChI=1S/C16H21N5O2.ClH/c1-23-15-5-3-2-4-13(15)14-12-17-7-11-21(14)16(22)6-9-20-10-8-18-19-20;/h2-5,8,10,14,17H,6-7,9,11-12H2,1H3;1H. The number of carbonyl (C=O) groups is 1. The number of carbonyl (C=O) groups excluding carboxylic acids is 1. The number of rotatable bonds is 5. The summed E-state index contributed by atoms with van der Waals surface area (Å²) in [6.45, 7) is 2.77. The second-order valence-electron chi connectivity index (χ2n) is 5.47. The fraction of sp³-hybridized carbons (Fsp3) is 0.438. The third-order valence-electron chi connectivity index (χ3n) is 4.09. The second-order valence-corrected chi connectivity index (χ2v) is 5.47. The second kappa shape index (κ2) is 8.65. The molecule has 0 radical (unpaired) electrons. The van der Waals surface area contributed by atoms with E-state index in [0.717, 1.165) is 24.4 Å². The van der Waals surface area contributed by atoms with Crippen molar-refractivity contribution in [3.05, 3.63) is 42.2 Å². The summed E-state index contributed by atoms with van der Waals surface area (Å²) >= 11 is 0. The molecule has 1 aromatic heterocycles. The van der Waals surface area contributed by atoms with Gasteiger partial charge in [0.05, 0.1) is 25.9 Å². The van der Waals surface area contributed by atoms with Gasteiger partial charge in [-0.1, -0.05) is 23.4 Å². The van der Waals surface area contributed by atoms with Gasteiger partial charge in [-0.05, 0) is 6.07 Å². The molecule has 130 valence electrons. The van der Waals surface area contributed by atoms with Crippen LogP contribution < -0.4 is 10.1 Å². The highest BCUT2D eigenvalue weighted by atomic mass is 35.5. The Kier molecular flexibility index (Phi) is 6.57. The molecule has 1 amide bonds. The minimum absolute atomic E-state index is 0. The number of methoxy groups -OCH3 is 1. The van der Waals surface area contributed by atoms with Crippen molar-refractivity contribution in [2.75, 3.05) is 26.7 Å². The molecule has 1 aliphatic rings. The third kappa shape index (κ3) is 4.04. The first-order chi connectivity index (χ1) is 11.3. The molecule has 1 aromatic carbocycles. The number of hydrogen-bond donors (Lipinski definition) is 1. The predicted octanol–water partition coefficient (Wildman–Crippen LogP) is 1.27. The van der Waals surface area contributed by atoms with Crippen molar-refractivity contribution in [2.45, 2.75) is 19.0 Å². The number of nitrogens with one attached hydrogen (secondary N) is 1. The largest absolute Gasteiger partial charge is 0.496 e. The van der Waals surface area contributed by atoms with Crippen LogP contribution in [-0.2, 0) is 11.3 Å². The fourth-order valence-corrected chi connectivity index (χ4v) is 2.93. The SMILES string of the molecule is COc1ccccc1C1CNCCN1C(=O)CCn1ccnn1.Cl. The Bertz CT molecular complexity index is 650. The topological polar surface area (TPSA) is 72.3 Å². The monoisotopic (exact) mass is 351 g/mol. The first-order valence-electron chi connectivity index (χ1n) is 7.77. The Labute approximate surface area is 147 Å². The average molecular weight is 352 g/mol. The van der Waals surface area contributed by atoms with Crippen LogP contribution in [0.4, 0.5) is 0 Å². The summed E-state index contributed by atoms with van der Waals surface area (Å²) in [5.74, 6) is 0.938. The number of amides is 1. The first-order valence-corrected chi connectivity index (χ1v) is 7.77. The molecule has 0 bridgehead atoms. The molecular weight excluding hydrogens is 330 g/mol. The summed E-state index contributed by atoms with van der Waals surface area (Å²) in [5, 5.41) is 11.0. The minimum atomic E-state index is -0.0110. The number of piperazine rings is 1. The number of benzene rings is 1. The van der Waals surface area contributed by atoms with Gasteiger partial charge in [-0.3, -0.25) is 9.48 Å². The summed E-state index contributed by atoms with van der Waals surface area (Å²) < 4.78 is 7.14. The molecule has 1 unspecified atom stereocenters. The number of para-hydroxylation sites is 1. The lowest BCUT2D eigenvalue weighted by Crippen LogP contribution is -2.49. The van der Waals surface area contributed by atoms with Gasteiger partial charge in [-0.15, -0.1) is 17.5 Å². The van der Waals surface area contributed by atoms with E-state index < -0.39 is 0 Å². The lowest BCUT2D eigenvalue weighted by Gasteiger charge is -2.37. The molecule has 2 aromatic rings. The van der Waals surface area contributed by atoms with Crippen molar-refractivity contribution in [1.82, 2.24) is 25.2 Å². The number of hydrogen-bond acceptors (Lipinski definition) is 5. The molecule has 24 heavy (non-hydrogen) atoms. The lowest BCUT2D eigenvalue weighted by molar-refractivity contribution is -0.134. The summed E-state index contributed by atoms with van der Waals surface area (Å²) in [7, 11) is 1.66. The Morgan fingerprint density at radius 3 is 3.00 bits per heavy atom. The number of aryl methyl sites for hydroxylation is 1. The predicted molar refractivity (Wildman–Crippen MR) is 92.2 cm³/mol. The number of nitrogens with zero attached hydrogens (tertiary/aromatic N) is 4. The van der Waals surface area contributed by atoms with Crippen molar-refractivity contribution in [3.63, 3.8) is 0 Å². The molecule has 0 spiro atoms. The van der Waals surface area contributed by atoms with Gasteiger partial charge in [0.2, 0.25) is 5.91 Å². The van der Waals surface area contributed by atoms with Crippen LogP contribution in [0.3, 0.4) is 0 Å². The van der Waals surface area contributed by atoms with Crippen LogP contribution in [-0.4, -0.2) is 52.5 Å². The number of aromatic nitrogens is 3. The maximum Gasteiger partial charge on any atom is 0.225 e. The van der Waals surface area contributed by atoms with Crippen LogP contribution in [0.15, 0.2) is 36.7 Å². The fourth-order valence-electron chi connectivity index (χ4n) is 2.93. The molecule has 1 aliphatic heterocycles. The lowest BCUT2D eigenvalue weighted by atomic mass is 10.0. The van der Waals surface area contributed by atoms with E-state index in [2.05, 4.69) is 15.6 Å². The Balaban J connectivity index is 0.00000208. The van der Waals surface area contributed by atoms with Crippen molar-refractivity contribution in [1.29, 1.82) is 0 Å². The first kappa shape index (κ1) is 18.2. The van der Waals surface area contributed by atoms with Crippen LogP contribution in [0.2, 0.25) is 0 Å². The van der Waals surface area contributed by atoms with Crippen LogP contribution >= 0.6 is 12.4 Å². The van der Waals surface area contributed by atoms with E-state index in [1.54, 1.807) is 24.2 Å². The van der Waals surface area contributed by atoms with Crippen LogP contribution in [0.5, 0.6) is 5.75 Å². The van der Waals surface area contributed by atoms with Gasteiger partial charge >= 0.3 is 0 Å². The molecule has 0 aliphatic carbocycles. The van der Waals surface area contributed by atoms with E-state index in [4.69, 9.17) is 4.74 Å². The van der Waals surface area contributed by atoms with Crippen molar-refractivity contribution in [3.8, 4) is 5.75 Å². The van der Waals surface area contributed by atoms with E-state index in [9.17, 15) is 4.79 Å². The molecule has 1 fully saturated rings. The van der Waals surface area contributed by atoms with E-state index in [0.29, 0.717) is 19.5 Å². The Morgan fingerprint density at radius 2 is 2.25 bits per heavy atom. The summed E-state index contributed by atoms with van der Waals surface area (Å²) in [4.78, 5) is 14.6. The highest BCUT2D eigenvalue weighted by Crippen LogP contribution is 2.30. The molecule has 1 saturated heterocycles. The number of halogens is 1. The molecule has 8 heteroatoms. The molecule has 1 N–H and O–H groups in total. The van der Waals surface area contributed by atoms with Gasteiger partial charge in [-0.2, -0.15) is 0 Å². The van der Waals surface area contributed by atoms with E-state index in [1.165, 1.54) is 0 Å². The van der Waals surface area contributed by atoms with Crippen molar-refractivity contribution in [2.24, 2.45) is 0 Å². The van der Waals surface area contributed by atoms with Crippen molar-refractivity contribution < 1.29 is 9.53 Å². The van der Waals surface area contributed by atoms with Gasteiger partial charge < -0.3 is 15.0 Å². The average Bonchev–Trinajstić information content (AvgIpc) is 3.13. The zero-order chi connectivity index (χ0) is 16.1.